The SMILES string of the molecule is [2H]C([2H])(NC)C([2H])([2H])c1c[nH]c2ccc(Cn3cncn3)cc12. The van der Waals surface area contributed by atoms with E-state index < -0.39 is 12.9 Å². The molecule has 0 saturated carbocycles. The van der Waals surface area contributed by atoms with Gasteiger partial charge in [-0.15, -0.1) is 0 Å². The number of likely N-dealkylation sites (N-methyl/N-ethyl adjacent to an activating group) is 1. The van der Waals surface area contributed by atoms with Crippen molar-refractivity contribution < 1.29 is 5.48 Å². The third-order valence-electron chi connectivity index (χ3n) is 2.88. The average Bonchev–Trinajstić information content (AvgIpc) is 3.16. The summed E-state index contributed by atoms with van der Waals surface area (Å²) >= 11 is 0. The second-order valence-electron chi connectivity index (χ2n) is 4.18. The summed E-state index contributed by atoms with van der Waals surface area (Å²) in [7, 11) is 1.41. The summed E-state index contributed by atoms with van der Waals surface area (Å²) in [6.07, 6.45) is 2.41. The molecule has 19 heavy (non-hydrogen) atoms. The fraction of sp³-hybridized carbons (Fsp3) is 0.286. The van der Waals surface area contributed by atoms with E-state index >= 15 is 0 Å². The summed E-state index contributed by atoms with van der Waals surface area (Å²) in [6, 6.07) is 5.63. The van der Waals surface area contributed by atoms with E-state index in [1.165, 1.54) is 19.6 Å². The number of benzene rings is 1. The molecule has 5 heteroatoms. The van der Waals surface area contributed by atoms with Gasteiger partial charge in [0.25, 0.3) is 0 Å². The monoisotopic (exact) mass is 259 g/mol. The zero-order chi connectivity index (χ0) is 16.7. The van der Waals surface area contributed by atoms with Gasteiger partial charge in [-0.3, -0.25) is 0 Å². The van der Waals surface area contributed by atoms with E-state index in [-0.39, 0.29) is 5.56 Å². The summed E-state index contributed by atoms with van der Waals surface area (Å²) in [5.74, 6) is 0. The van der Waals surface area contributed by atoms with Crippen molar-refractivity contribution in [3.05, 3.63) is 48.2 Å². The van der Waals surface area contributed by atoms with E-state index in [2.05, 4.69) is 20.4 Å². The number of H-pyrrole nitrogens is 1. The van der Waals surface area contributed by atoms with Crippen LogP contribution in [-0.4, -0.2) is 33.3 Å². The van der Waals surface area contributed by atoms with Gasteiger partial charge in [-0.2, -0.15) is 5.10 Å². The molecule has 5 nitrogen and oxygen atoms in total. The second-order valence-corrected chi connectivity index (χ2v) is 4.18. The summed E-state index contributed by atoms with van der Waals surface area (Å²) in [5, 5.41) is 7.12. The predicted octanol–water partition coefficient (Wildman–Crippen LogP) is 1.57. The highest BCUT2D eigenvalue weighted by Gasteiger charge is 2.05. The minimum atomic E-state index is -2.19. The maximum atomic E-state index is 8.22. The number of aromatic amines is 1. The van der Waals surface area contributed by atoms with Crippen molar-refractivity contribution in [2.75, 3.05) is 13.5 Å². The Morgan fingerprint density at radius 2 is 2.42 bits per heavy atom. The zero-order valence-electron chi connectivity index (χ0n) is 14.5. The van der Waals surface area contributed by atoms with Crippen molar-refractivity contribution >= 4 is 10.9 Å². The molecular formula is C14H17N5. The van der Waals surface area contributed by atoms with Crippen LogP contribution in [-0.2, 0) is 12.9 Å². The number of rotatable bonds is 5. The third kappa shape index (κ3) is 2.51. The van der Waals surface area contributed by atoms with Gasteiger partial charge < -0.3 is 10.3 Å². The molecule has 3 aromatic rings. The van der Waals surface area contributed by atoms with Gasteiger partial charge in [0.15, 0.2) is 0 Å². The molecule has 1 aromatic carbocycles. The fourth-order valence-electron chi connectivity index (χ4n) is 2.00. The van der Waals surface area contributed by atoms with Crippen molar-refractivity contribution in [2.24, 2.45) is 0 Å². The quantitative estimate of drug-likeness (QED) is 0.731. The summed E-state index contributed by atoms with van der Waals surface area (Å²) < 4.78 is 33.9. The third-order valence-corrected chi connectivity index (χ3v) is 2.88. The Bertz CT molecular complexity index is 810. The lowest BCUT2D eigenvalue weighted by Crippen LogP contribution is -2.09. The Balaban J connectivity index is 2.05. The van der Waals surface area contributed by atoms with Crippen LogP contribution in [0.15, 0.2) is 37.1 Å². The summed E-state index contributed by atoms with van der Waals surface area (Å²) in [4.78, 5) is 6.91. The molecule has 0 amide bonds. The van der Waals surface area contributed by atoms with Gasteiger partial charge in [-0.05, 0) is 43.2 Å². The van der Waals surface area contributed by atoms with Gasteiger partial charge in [0, 0.05) is 22.6 Å². The molecule has 0 aliphatic heterocycles. The largest absolute Gasteiger partial charge is 0.361 e. The standard InChI is InChI=1S/C14H17N5/c1-15-5-4-12-7-17-14-3-2-11(6-13(12)14)8-19-10-16-9-18-19/h2-3,6-7,9-10,15,17H,4-5,8H2,1H3/i4D2,5D2. The number of hydrogen-bond acceptors (Lipinski definition) is 3. The molecule has 0 spiro atoms. The minimum Gasteiger partial charge on any atom is -0.361 e. The molecule has 0 atom stereocenters. The Morgan fingerprint density at radius 1 is 1.47 bits per heavy atom. The first-order valence-corrected chi connectivity index (χ1v) is 5.97. The molecule has 98 valence electrons. The Hall–Kier alpha value is -2.14. The molecule has 2 aromatic heterocycles. The van der Waals surface area contributed by atoms with Crippen LogP contribution in [0.5, 0.6) is 0 Å². The highest BCUT2D eigenvalue weighted by molar-refractivity contribution is 5.83. The number of aromatic nitrogens is 4. The first kappa shape index (κ1) is 8.12. The molecule has 0 aliphatic rings. The van der Waals surface area contributed by atoms with E-state index in [1.54, 1.807) is 11.0 Å². The normalized spacial score (nSPS) is 15.8. The van der Waals surface area contributed by atoms with E-state index in [1.807, 2.05) is 18.2 Å². The molecule has 0 aliphatic carbocycles. The van der Waals surface area contributed by atoms with Crippen molar-refractivity contribution in [3.8, 4) is 0 Å². The highest BCUT2D eigenvalue weighted by atomic mass is 15.3. The molecule has 0 saturated heterocycles. The first-order valence-electron chi connectivity index (χ1n) is 7.97. The fourth-order valence-corrected chi connectivity index (χ4v) is 2.00. The van der Waals surface area contributed by atoms with Gasteiger partial charge in [0.05, 0.1) is 6.54 Å². The van der Waals surface area contributed by atoms with Crippen LogP contribution in [0.25, 0.3) is 10.9 Å². The topological polar surface area (TPSA) is 58.5 Å². The van der Waals surface area contributed by atoms with Gasteiger partial charge in [0.2, 0.25) is 0 Å². The number of nitrogens with one attached hydrogen (secondary N) is 2. The van der Waals surface area contributed by atoms with Gasteiger partial charge in [0.1, 0.15) is 12.7 Å². The smallest absolute Gasteiger partial charge is 0.137 e. The maximum absolute atomic E-state index is 8.22. The number of hydrogen-bond donors (Lipinski definition) is 2. The van der Waals surface area contributed by atoms with Crippen LogP contribution in [0.1, 0.15) is 16.6 Å². The molecule has 0 fully saturated rings. The van der Waals surface area contributed by atoms with E-state index in [0.717, 1.165) is 11.1 Å². The van der Waals surface area contributed by atoms with E-state index in [0.29, 0.717) is 11.9 Å². The van der Waals surface area contributed by atoms with Gasteiger partial charge in [-0.1, -0.05) is 6.07 Å². The number of aryl methyl sites for hydroxylation is 1. The van der Waals surface area contributed by atoms with Gasteiger partial charge in [-0.25, -0.2) is 9.67 Å². The van der Waals surface area contributed by atoms with Crippen LogP contribution in [0.2, 0.25) is 0 Å². The van der Waals surface area contributed by atoms with Crippen molar-refractivity contribution in [1.29, 1.82) is 0 Å². The molecule has 2 heterocycles. The Labute approximate surface area is 117 Å². The summed E-state index contributed by atoms with van der Waals surface area (Å²) in [6.45, 7) is -1.67. The van der Waals surface area contributed by atoms with Crippen molar-refractivity contribution in [2.45, 2.75) is 12.9 Å². The van der Waals surface area contributed by atoms with Crippen molar-refractivity contribution in [1.82, 2.24) is 25.1 Å². The maximum Gasteiger partial charge on any atom is 0.137 e. The van der Waals surface area contributed by atoms with Crippen LogP contribution in [0.4, 0.5) is 0 Å². The van der Waals surface area contributed by atoms with Crippen molar-refractivity contribution in [3.63, 3.8) is 0 Å². The van der Waals surface area contributed by atoms with E-state index in [4.69, 9.17) is 5.48 Å². The number of fused-ring (bicyclic) bond motifs is 1. The molecule has 3 rings (SSSR count). The summed E-state index contributed by atoms with van der Waals surface area (Å²) in [5.41, 5.74) is 1.98. The van der Waals surface area contributed by atoms with Crippen LogP contribution in [0.3, 0.4) is 0 Å². The first-order chi connectivity index (χ1) is 10.8. The average molecular weight is 259 g/mol. The Kier molecular flexibility index (Phi) is 2.24. The molecule has 0 radical (unpaired) electrons. The van der Waals surface area contributed by atoms with Crippen LogP contribution >= 0.6 is 0 Å². The molecule has 2 N–H and O–H groups in total. The zero-order valence-corrected chi connectivity index (χ0v) is 10.5. The molecule has 0 unspecified atom stereocenters. The lowest BCUT2D eigenvalue weighted by atomic mass is 10.1. The number of nitrogens with zero attached hydrogens (tertiary/aromatic N) is 3. The van der Waals surface area contributed by atoms with Gasteiger partial charge >= 0.3 is 0 Å². The Morgan fingerprint density at radius 3 is 3.21 bits per heavy atom. The lowest BCUT2D eigenvalue weighted by Gasteiger charge is -2.03. The minimum absolute atomic E-state index is 0.285. The second kappa shape index (κ2) is 5.24. The van der Waals surface area contributed by atoms with E-state index in [9.17, 15) is 0 Å². The van der Waals surface area contributed by atoms with Crippen LogP contribution < -0.4 is 5.32 Å². The lowest BCUT2D eigenvalue weighted by molar-refractivity contribution is 0.685. The van der Waals surface area contributed by atoms with Crippen LogP contribution in [0, 0.1) is 0 Å². The molecule has 0 bridgehead atoms. The molecular weight excluding hydrogens is 238 g/mol. The predicted molar refractivity (Wildman–Crippen MR) is 75.1 cm³/mol. The highest BCUT2D eigenvalue weighted by Crippen LogP contribution is 2.20.